The maximum Gasteiger partial charge on any atom is 0.279 e. The van der Waals surface area contributed by atoms with Crippen LogP contribution in [0.5, 0.6) is 0 Å². The lowest BCUT2D eigenvalue weighted by molar-refractivity contribution is 0.277. The van der Waals surface area contributed by atoms with E-state index in [9.17, 15) is 8.42 Å². The number of nitrogens with two attached hydrogens (primary N) is 1. The van der Waals surface area contributed by atoms with Crippen LogP contribution in [-0.2, 0) is 10.2 Å². The smallest absolute Gasteiger partial charge is 0.279 e. The molecular formula is C14H29N3O2S. The van der Waals surface area contributed by atoms with Gasteiger partial charge >= 0.3 is 0 Å². The minimum absolute atomic E-state index is 0.403. The lowest BCUT2D eigenvalue weighted by atomic mass is 9.85. The van der Waals surface area contributed by atoms with Crippen molar-refractivity contribution < 1.29 is 8.42 Å². The third kappa shape index (κ3) is 4.16. The molecule has 2 aliphatic rings. The highest BCUT2D eigenvalue weighted by Crippen LogP contribution is 2.27. The fourth-order valence-corrected chi connectivity index (χ4v) is 5.08. The second kappa shape index (κ2) is 7.20. The van der Waals surface area contributed by atoms with Crippen LogP contribution in [0.2, 0.25) is 0 Å². The van der Waals surface area contributed by atoms with Crippen LogP contribution in [0, 0.1) is 0 Å². The fourth-order valence-electron chi connectivity index (χ4n) is 3.37. The first-order valence-electron chi connectivity index (χ1n) is 8.07. The molecule has 0 bridgehead atoms. The van der Waals surface area contributed by atoms with Crippen LogP contribution in [0.1, 0.15) is 64.2 Å². The number of nitrogens with one attached hydrogen (secondary N) is 1. The number of rotatable bonds is 4. The minimum Gasteiger partial charge on any atom is -0.329 e. The highest BCUT2D eigenvalue weighted by molar-refractivity contribution is 7.87. The van der Waals surface area contributed by atoms with E-state index in [1.807, 2.05) is 0 Å². The molecule has 0 aromatic heterocycles. The zero-order valence-corrected chi connectivity index (χ0v) is 13.3. The van der Waals surface area contributed by atoms with E-state index in [0.29, 0.717) is 19.6 Å². The maximum absolute atomic E-state index is 12.6. The highest BCUT2D eigenvalue weighted by Gasteiger charge is 2.36. The van der Waals surface area contributed by atoms with Crippen LogP contribution in [0.25, 0.3) is 0 Å². The van der Waals surface area contributed by atoms with Gasteiger partial charge in [0.2, 0.25) is 0 Å². The molecule has 1 heterocycles. The number of piperidine rings is 1. The van der Waals surface area contributed by atoms with Crippen molar-refractivity contribution in [3.8, 4) is 0 Å². The third-order valence-corrected chi connectivity index (χ3v) is 6.44. The first kappa shape index (κ1) is 16.2. The van der Waals surface area contributed by atoms with Crippen molar-refractivity contribution in [1.82, 2.24) is 9.03 Å². The van der Waals surface area contributed by atoms with Crippen molar-refractivity contribution in [2.75, 3.05) is 19.6 Å². The van der Waals surface area contributed by atoms with Crippen molar-refractivity contribution in [3.05, 3.63) is 0 Å². The molecule has 20 heavy (non-hydrogen) atoms. The SMILES string of the molecule is NCC1(NS(=O)(=O)N2CCCCC2)CCCCCCC1. The lowest BCUT2D eigenvalue weighted by Gasteiger charge is -2.37. The van der Waals surface area contributed by atoms with Crippen LogP contribution in [0.3, 0.4) is 0 Å². The van der Waals surface area contributed by atoms with E-state index < -0.39 is 15.7 Å². The molecule has 2 rings (SSSR count). The second-order valence-electron chi connectivity index (χ2n) is 6.32. The largest absolute Gasteiger partial charge is 0.329 e. The van der Waals surface area contributed by atoms with Crippen LogP contribution in [-0.4, -0.2) is 37.9 Å². The van der Waals surface area contributed by atoms with Crippen molar-refractivity contribution >= 4 is 10.2 Å². The summed E-state index contributed by atoms with van der Waals surface area (Å²) < 4.78 is 29.7. The topological polar surface area (TPSA) is 75.4 Å². The Balaban J connectivity index is 2.06. The van der Waals surface area contributed by atoms with Crippen LogP contribution in [0.4, 0.5) is 0 Å². The summed E-state index contributed by atoms with van der Waals surface area (Å²) in [6.45, 7) is 1.70. The predicted octanol–water partition coefficient (Wildman–Crippen LogP) is 1.75. The van der Waals surface area contributed by atoms with Gasteiger partial charge in [-0.3, -0.25) is 0 Å². The summed E-state index contributed by atoms with van der Waals surface area (Å²) in [5, 5.41) is 0. The van der Waals surface area contributed by atoms with E-state index >= 15 is 0 Å². The number of hydrogen-bond acceptors (Lipinski definition) is 3. The van der Waals surface area contributed by atoms with Gasteiger partial charge in [0.25, 0.3) is 10.2 Å². The molecule has 1 aliphatic heterocycles. The summed E-state index contributed by atoms with van der Waals surface area (Å²) in [4.78, 5) is 0. The Hall–Kier alpha value is -0.170. The standard InChI is InChI=1S/C14H29N3O2S/c15-13-14(9-5-2-1-3-6-10-14)16-20(18,19)17-11-7-4-8-12-17/h16H,1-13,15H2. The monoisotopic (exact) mass is 303 g/mol. The molecule has 3 N–H and O–H groups in total. The summed E-state index contributed by atoms with van der Waals surface area (Å²) in [6, 6.07) is 0. The summed E-state index contributed by atoms with van der Waals surface area (Å²) in [5.41, 5.74) is 5.53. The maximum atomic E-state index is 12.6. The van der Waals surface area contributed by atoms with Gasteiger partial charge in [0, 0.05) is 25.2 Å². The number of hydrogen-bond donors (Lipinski definition) is 2. The van der Waals surface area contributed by atoms with E-state index in [-0.39, 0.29) is 0 Å². The van der Waals surface area contributed by atoms with Crippen molar-refractivity contribution in [3.63, 3.8) is 0 Å². The molecule has 0 atom stereocenters. The van der Waals surface area contributed by atoms with Gasteiger partial charge in [-0.25, -0.2) is 0 Å². The molecule has 6 heteroatoms. The molecule has 0 aromatic carbocycles. The Labute approximate surface area is 123 Å². The Bertz CT molecular complexity index is 383. The molecule has 118 valence electrons. The van der Waals surface area contributed by atoms with E-state index in [1.54, 1.807) is 4.31 Å². The normalized spacial score (nSPS) is 25.9. The summed E-state index contributed by atoms with van der Waals surface area (Å²) in [7, 11) is -3.38. The average molecular weight is 303 g/mol. The van der Waals surface area contributed by atoms with E-state index in [1.165, 1.54) is 19.3 Å². The Kier molecular flexibility index (Phi) is 5.84. The third-order valence-electron chi connectivity index (χ3n) is 4.70. The zero-order valence-electron chi connectivity index (χ0n) is 12.4. The van der Waals surface area contributed by atoms with Crippen molar-refractivity contribution in [1.29, 1.82) is 0 Å². The average Bonchev–Trinajstić information content (AvgIpc) is 2.43. The van der Waals surface area contributed by atoms with Gasteiger partial charge in [-0.05, 0) is 25.7 Å². The molecule has 0 spiro atoms. The Morgan fingerprint density at radius 1 is 0.900 bits per heavy atom. The van der Waals surface area contributed by atoms with Gasteiger partial charge in [-0.15, -0.1) is 0 Å². The van der Waals surface area contributed by atoms with E-state index in [4.69, 9.17) is 5.73 Å². The highest BCUT2D eigenvalue weighted by atomic mass is 32.2. The summed E-state index contributed by atoms with van der Waals surface area (Å²) in [6.07, 6.45) is 10.6. The molecule has 0 aromatic rings. The summed E-state index contributed by atoms with van der Waals surface area (Å²) in [5.74, 6) is 0. The van der Waals surface area contributed by atoms with Gasteiger partial charge in [0.05, 0.1) is 0 Å². The van der Waals surface area contributed by atoms with Gasteiger partial charge in [-0.2, -0.15) is 17.4 Å². The lowest BCUT2D eigenvalue weighted by Crippen LogP contribution is -2.58. The predicted molar refractivity (Wildman–Crippen MR) is 81.6 cm³/mol. The first-order chi connectivity index (χ1) is 9.58. The summed E-state index contributed by atoms with van der Waals surface area (Å²) >= 11 is 0. The Morgan fingerprint density at radius 3 is 1.95 bits per heavy atom. The Morgan fingerprint density at radius 2 is 1.40 bits per heavy atom. The van der Waals surface area contributed by atoms with Gasteiger partial charge in [-0.1, -0.05) is 38.5 Å². The molecule has 0 amide bonds. The van der Waals surface area contributed by atoms with E-state index in [2.05, 4.69) is 4.72 Å². The second-order valence-corrected chi connectivity index (χ2v) is 7.99. The fraction of sp³-hybridized carbons (Fsp3) is 1.00. The van der Waals surface area contributed by atoms with Gasteiger partial charge < -0.3 is 5.73 Å². The van der Waals surface area contributed by atoms with Gasteiger partial charge in [0.1, 0.15) is 0 Å². The first-order valence-corrected chi connectivity index (χ1v) is 9.51. The molecular weight excluding hydrogens is 274 g/mol. The van der Waals surface area contributed by atoms with Crippen LogP contribution < -0.4 is 10.5 Å². The molecule has 1 saturated heterocycles. The molecule has 1 saturated carbocycles. The zero-order chi connectivity index (χ0) is 14.5. The quantitative estimate of drug-likeness (QED) is 0.831. The number of nitrogens with zero attached hydrogens (tertiary/aromatic N) is 1. The van der Waals surface area contributed by atoms with E-state index in [0.717, 1.165) is 44.9 Å². The van der Waals surface area contributed by atoms with Crippen LogP contribution >= 0.6 is 0 Å². The molecule has 5 nitrogen and oxygen atoms in total. The minimum atomic E-state index is -3.38. The molecule has 2 fully saturated rings. The van der Waals surface area contributed by atoms with Crippen molar-refractivity contribution in [2.24, 2.45) is 5.73 Å². The molecule has 0 radical (unpaired) electrons. The van der Waals surface area contributed by atoms with Crippen molar-refractivity contribution in [2.45, 2.75) is 69.7 Å². The van der Waals surface area contributed by atoms with Gasteiger partial charge in [0.15, 0.2) is 0 Å². The van der Waals surface area contributed by atoms with Crippen LogP contribution in [0.15, 0.2) is 0 Å². The molecule has 1 aliphatic carbocycles. The molecule has 0 unspecified atom stereocenters.